The van der Waals surface area contributed by atoms with E-state index in [1.807, 2.05) is 23.1 Å². The molecule has 1 amide bonds. The van der Waals surface area contributed by atoms with Gasteiger partial charge in [0.1, 0.15) is 0 Å². The van der Waals surface area contributed by atoms with Gasteiger partial charge in [-0.2, -0.15) is 0 Å². The first-order valence-corrected chi connectivity index (χ1v) is 9.54. The number of rotatable bonds is 6. The number of amides is 1. The van der Waals surface area contributed by atoms with Gasteiger partial charge in [0.05, 0.1) is 6.54 Å². The van der Waals surface area contributed by atoms with Crippen molar-refractivity contribution in [1.82, 2.24) is 14.7 Å². The van der Waals surface area contributed by atoms with Gasteiger partial charge in [-0.05, 0) is 57.8 Å². The highest BCUT2D eigenvalue weighted by Gasteiger charge is 2.28. The Bertz CT molecular complexity index is 513. The summed E-state index contributed by atoms with van der Waals surface area (Å²) in [5.74, 6) is 0.267. The van der Waals surface area contributed by atoms with Crippen molar-refractivity contribution >= 4 is 5.91 Å². The second kappa shape index (κ2) is 8.63. The van der Waals surface area contributed by atoms with E-state index in [0.29, 0.717) is 12.6 Å². The van der Waals surface area contributed by atoms with E-state index >= 15 is 0 Å². The first-order valence-electron chi connectivity index (χ1n) is 9.54. The van der Waals surface area contributed by atoms with Crippen LogP contribution in [0, 0.1) is 0 Å². The Balaban J connectivity index is 1.52. The molecule has 1 unspecified atom stereocenters. The fraction of sp³-hybridized carbons (Fsp3) is 0.650. The van der Waals surface area contributed by atoms with Gasteiger partial charge in [-0.25, -0.2) is 0 Å². The molecule has 0 aromatic heterocycles. The minimum atomic E-state index is 0.267. The number of benzene rings is 1. The van der Waals surface area contributed by atoms with Gasteiger partial charge >= 0.3 is 0 Å². The second-order valence-corrected chi connectivity index (χ2v) is 7.17. The van der Waals surface area contributed by atoms with E-state index in [1.165, 1.54) is 44.3 Å². The lowest BCUT2D eigenvalue weighted by molar-refractivity contribution is -0.133. The Morgan fingerprint density at radius 2 is 1.88 bits per heavy atom. The molecular weight excluding hydrogens is 298 g/mol. The molecule has 2 aliphatic rings. The molecule has 2 aliphatic heterocycles. The lowest BCUT2D eigenvalue weighted by Gasteiger charge is -2.38. The van der Waals surface area contributed by atoms with Crippen LogP contribution < -0.4 is 0 Å². The fourth-order valence-electron chi connectivity index (χ4n) is 4.05. The summed E-state index contributed by atoms with van der Waals surface area (Å²) in [6.07, 6.45) is 5.21. The van der Waals surface area contributed by atoms with Crippen molar-refractivity contribution in [3.8, 4) is 0 Å². The maximum atomic E-state index is 12.7. The van der Waals surface area contributed by atoms with Crippen molar-refractivity contribution < 1.29 is 4.79 Å². The van der Waals surface area contributed by atoms with Crippen LogP contribution in [0.1, 0.15) is 38.2 Å². The molecule has 24 heavy (non-hydrogen) atoms. The van der Waals surface area contributed by atoms with E-state index in [4.69, 9.17) is 0 Å². The highest BCUT2D eigenvalue weighted by molar-refractivity contribution is 5.78. The zero-order chi connectivity index (χ0) is 16.8. The number of carbonyl (C=O) groups is 1. The van der Waals surface area contributed by atoms with Gasteiger partial charge in [-0.3, -0.25) is 14.6 Å². The minimum Gasteiger partial charge on any atom is -0.338 e. The summed E-state index contributed by atoms with van der Waals surface area (Å²) in [6.45, 7) is 8.78. The number of hydrogen-bond donors (Lipinski definition) is 0. The molecule has 1 atom stereocenters. The third-order valence-electron chi connectivity index (χ3n) is 5.45. The van der Waals surface area contributed by atoms with E-state index in [0.717, 1.165) is 26.2 Å². The standard InChI is InChI=1S/C20H31N3O/c1-2-22(15-18-9-4-3-5-10-18)20(24)17-21-12-8-11-19(16-21)23-13-6-7-14-23/h3-5,9-10,19H,2,6-8,11-17H2,1H3. The smallest absolute Gasteiger partial charge is 0.237 e. The van der Waals surface area contributed by atoms with Crippen LogP contribution in [0.4, 0.5) is 0 Å². The first kappa shape index (κ1) is 17.4. The first-order chi connectivity index (χ1) is 11.8. The molecule has 2 heterocycles. The third kappa shape index (κ3) is 4.58. The SMILES string of the molecule is CCN(Cc1ccccc1)C(=O)CN1CCCC(N2CCCC2)C1. The average molecular weight is 329 g/mol. The molecule has 0 aliphatic carbocycles. The van der Waals surface area contributed by atoms with E-state index < -0.39 is 0 Å². The summed E-state index contributed by atoms with van der Waals surface area (Å²) >= 11 is 0. The van der Waals surface area contributed by atoms with E-state index in [1.54, 1.807) is 0 Å². The van der Waals surface area contributed by atoms with Crippen molar-refractivity contribution in [2.24, 2.45) is 0 Å². The highest BCUT2D eigenvalue weighted by Crippen LogP contribution is 2.20. The van der Waals surface area contributed by atoms with Crippen molar-refractivity contribution in [3.05, 3.63) is 35.9 Å². The lowest BCUT2D eigenvalue weighted by Crippen LogP contribution is -2.50. The Hall–Kier alpha value is -1.39. The van der Waals surface area contributed by atoms with Crippen LogP contribution in [0.5, 0.6) is 0 Å². The van der Waals surface area contributed by atoms with Crippen molar-refractivity contribution in [2.75, 3.05) is 39.3 Å². The normalized spacial score (nSPS) is 22.6. The van der Waals surface area contributed by atoms with Crippen LogP contribution >= 0.6 is 0 Å². The molecule has 4 heteroatoms. The Labute approximate surface area is 146 Å². The van der Waals surface area contributed by atoms with Gasteiger partial charge in [0.15, 0.2) is 0 Å². The predicted molar refractivity (Wildman–Crippen MR) is 97.8 cm³/mol. The molecule has 0 N–H and O–H groups in total. The molecule has 3 rings (SSSR count). The maximum absolute atomic E-state index is 12.7. The summed E-state index contributed by atoms with van der Waals surface area (Å²) in [4.78, 5) is 19.7. The van der Waals surface area contributed by atoms with Crippen LogP contribution in [-0.2, 0) is 11.3 Å². The monoisotopic (exact) mass is 329 g/mol. The molecular formula is C20H31N3O. The Morgan fingerprint density at radius 3 is 2.58 bits per heavy atom. The van der Waals surface area contributed by atoms with Crippen LogP contribution in [0.2, 0.25) is 0 Å². The van der Waals surface area contributed by atoms with Gasteiger partial charge in [-0.15, -0.1) is 0 Å². The molecule has 2 saturated heterocycles. The number of hydrogen-bond acceptors (Lipinski definition) is 3. The minimum absolute atomic E-state index is 0.267. The Morgan fingerprint density at radius 1 is 1.12 bits per heavy atom. The summed E-state index contributed by atoms with van der Waals surface area (Å²) in [6, 6.07) is 11.0. The third-order valence-corrected chi connectivity index (χ3v) is 5.45. The average Bonchev–Trinajstić information content (AvgIpc) is 3.15. The van der Waals surface area contributed by atoms with Gasteiger partial charge in [-0.1, -0.05) is 30.3 Å². The number of likely N-dealkylation sites (N-methyl/N-ethyl adjacent to an activating group) is 1. The lowest BCUT2D eigenvalue weighted by atomic mass is 10.0. The molecule has 132 valence electrons. The van der Waals surface area contributed by atoms with Crippen molar-refractivity contribution in [2.45, 2.75) is 45.2 Å². The molecule has 1 aromatic rings. The van der Waals surface area contributed by atoms with Crippen LogP contribution in [-0.4, -0.2) is 65.9 Å². The summed E-state index contributed by atoms with van der Waals surface area (Å²) in [7, 11) is 0. The van der Waals surface area contributed by atoms with E-state index in [9.17, 15) is 4.79 Å². The number of nitrogens with zero attached hydrogens (tertiary/aromatic N) is 3. The quantitative estimate of drug-likeness (QED) is 0.803. The molecule has 0 saturated carbocycles. The van der Waals surface area contributed by atoms with Gasteiger partial charge in [0.2, 0.25) is 5.91 Å². The number of piperidine rings is 1. The highest BCUT2D eigenvalue weighted by atomic mass is 16.2. The van der Waals surface area contributed by atoms with E-state index in [2.05, 4.69) is 28.9 Å². The summed E-state index contributed by atoms with van der Waals surface area (Å²) in [5, 5.41) is 0. The summed E-state index contributed by atoms with van der Waals surface area (Å²) < 4.78 is 0. The molecule has 0 spiro atoms. The fourth-order valence-corrected chi connectivity index (χ4v) is 4.05. The zero-order valence-electron chi connectivity index (χ0n) is 15.0. The second-order valence-electron chi connectivity index (χ2n) is 7.17. The maximum Gasteiger partial charge on any atom is 0.237 e. The number of carbonyl (C=O) groups excluding carboxylic acids is 1. The van der Waals surface area contributed by atoms with Crippen LogP contribution in [0.25, 0.3) is 0 Å². The molecule has 0 bridgehead atoms. The van der Waals surface area contributed by atoms with Gasteiger partial charge < -0.3 is 4.90 Å². The number of likely N-dealkylation sites (tertiary alicyclic amines) is 2. The van der Waals surface area contributed by atoms with Gasteiger partial charge in [0.25, 0.3) is 0 Å². The van der Waals surface area contributed by atoms with Crippen molar-refractivity contribution in [3.63, 3.8) is 0 Å². The molecule has 1 aromatic carbocycles. The topological polar surface area (TPSA) is 26.8 Å². The molecule has 4 nitrogen and oxygen atoms in total. The van der Waals surface area contributed by atoms with Crippen LogP contribution in [0.15, 0.2) is 30.3 Å². The largest absolute Gasteiger partial charge is 0.338 e. The molecule has 0 radical (unpaired) electrons. The van der Waals surface area contributed by atoms with Gasteiger partial charge in [0, 0.05) is 25.7 Å². The van der Waals surface area contributed by atoms with E-state index in [-0.39, 0.29) is 5.91 Å². The zero-order valence-corrected chi connectivity index (χ0v) is 15.0. The molecule has 2 fully saturated rings. The predicted octanol–water partition coefficient (Wildman–Crippen LogP) is 2.60. The van der Waals surface area contributed by atoms with Crippen LogP contribution in [0.3, 0.4) is 0 Å². The Kier molecular flexibility index (Phi) is 6.27. The summed E-state index contributed by atoms with van der Waals surface area (Å²) in [5.41, 5.74) is 1.21. The van der Waals surface area contributed by atoms with Crippen molar-refractivity contribution in [1.29, 1.82) is 0 Å².